The molecule has 1 rings (SSSR count). The molecule has 1 aliphatic rings. The minimum atomic E-state index is -0.676. The van der Waals surface area contributed by atoms with Crippen LogP contribution in [0.1, 0.15) is 0 Å². The molecule has 6 heteroatoms. The van der Waals surface area contributed by atoms with Gasteiger partial charge in [0.2, 0.25) is 0 Å². The lowest BCUT2D eigenvalue weighted by Crippen LogP contribution is -2.21. The Morgan fingerprint density at radius 3 is 2.31 bits per heavy atom. The molecule has 0 atom stereocenters. The highest BCUT2D eigenvalue weighted by Crippen LogP contribution is 2.30. The highest BCUT2D eigenvalue weighted by atomic mass is 16.2. The largest absolute Gasteiger partial charge is 0.319 e. The molecule has 0 bridgehead atoms. The summed E-state index contributed by atoms with van der Waals surface area (Å²) >= 11 is 0. The fourth-order valence-electron chi connectivity index (χ4n) is 1.28. The monoisotopic (exact) mass is 209 g/mol. The van der Waals surface area contributed by atoms with Gasteiger partial charge in [0.25, 0.3) is 11.6 Å². The Kier molecular flexibility index (Phi) is 2.72. The number of carbonyl (C=O) groups excluding carboxylic acids is 1. The fraction of sp³-hybridized carbons (Fsp3) is 0.100. The first-order chi connectivity index (χ1) is 7.62. The minimum absolute atomic E-state index is 0.0940. The lowest BCUT2D eigenvalue weighted by Gasteiger charge is -2.11. The number of rotatable bonds is 0. The number of amides is 1. The Bertz CT molecular complexity index is 581. The molecule has 0 saturated heterocycles. The number of nitriles is 3. The molecule has 0 saturated carbocycles. The summed E-state index contributed by atoms with van der Waals surface area (Å²) < 4.78 is 0. The first-order valence-electron chi connectivity index (χ1n) is 3.97. The van der Waals surface area contributed by atoms with E-state index in [1.807, 2.05) is 0 Å². The summed E-state index contributed by atoms with van der Waals surface area (Å²) in [5.41, 5.74) is -1.03. The molecule has 16 heavy (non-hydrogen) atoms. The van der Waals surface area contributed by atoms with Crippen LogP contribution < -0.4 is 0 Å². The molecular formula is C10H3N5O. The Morgan fingerprint density at radius 1 is 1.38 bits per heavy atom. The second-order valence-corrected chi connectivity index (χ2v) is 2.76. The van der Waals surface area contributed by atoms with Crippen molar-refractivity contribution in [1.82, 2.24) is 4.90 Å². The van der Waals surface area contributed by atoms with Gasteiger partial charge in [-0.25, -0.2) is 4.85 Å². The van der Waals surface area contributed by atoms with Gasteiger partial charge in [0.05, 0.1) is 23.9 Å². The van der Waals surface area contributed by atoms with Gasteiger partial charge in [-0.2, -0.15) is 15.8 Å². The van der Waals surface area contributed by atoms with E-state index in [0.29, 0.717) is 0 Å². The van der Waals surface area contributed by atoms with E-state index >= 15 is 0 Å². The van der Waals surface area contributed by atoms with Crippen LogP contribution in [0.3, 0.4) is 0 Å². The van der Waals surface area contributed by atoms with Crippen molar-refractivity contribution in [3.8, 4) is 18.2 Å². The third-order valence-electron chi connectivity index (χ3n) is 2.00. The van der Waals surface area contributed by atoms with Crippen LogP contribution >= 0.6 is 0 Å². The highest BCUT2D eigenvalue weighted by molar-refractivity contribution is 6.03. The first kappa shape index (κ1) is 11.0. The molecule has 0 fully saturated rings. The molecular weight excluding hydrogens is 206 g/mol. The minimum Gasteiger partial charge on any atom is -0.319 e. The molecule has 1 amide bonds. The van der Waals surface area contributed by atoms with Crippen LogP contribution in [0.4, 0.5) is 0 Å². The van der Waals surface area contributed by atoms with E-state index in [1.165, 1.54) is 7.05 Å². The van der Waals surface area contributed by atoms with Crippen LogP contribution in [0, 0.1) is 40.6 Å². The van der Waals surface area contributed by atoms with Gasteiger partial charge in [-0.15, -0.1) is 0 Å². The molecule has 0 aliphatic carbocycles. The molecule has 0 aromatic carbocycles. The predicted octanol–water partition coefficient (Wildman–Crippen LogP) is 0.457. The van der Waals surface area contributed by atoms with Crippen molar-refractivity contribution < 1.29 is 4.79 Å². The molecule has 0 radical (unpaired) electrons. The molecule has 1 aliphatic heterocycles. The number of nitrogens with zero attached hydrogens (tertiary/aromatic N) is 5. The first-order valence-corrected chi connectivity index (χ1v) is 3.97. The average Bonchev–Trinajstić information content (AvgIpc) is 2.54. The van der Waals surface area contributed by atoms with Gasteiger partial charge < -0.3 is 4.90 Å². The van der Waals surface area contributed by atoms with Crippen molar-refractivity contribution in [2.24, 2.45) is 0 Å². The molecule has 6 nitrogen and oxygen atoms in total. The number of likely N-dealkylation sites (N-methyl/N-ethyl adjacent to an activating group) is 1. The maximum absolute atomic E-state index is 11.5. The van der Waals surface area contributed by atoms with Crippen molar-refractivity contribution in [2.75, 3.05) is 7.05 Å². The number of carbonyl (C=O) groups is 1. The van der Waals surface area contributed by atoms with Crippen molar-refractivity contribution in [3.63, 3.8) is 0 Å². The van der Waals surface area contributed by atoms with E-state index < -0.39 is 5.91 Å². The van der Waals surface area contributed by atoms with Gasteiger partial charge in [-0.1, -0.05) is 0 Å². The lowest BCUT2D eigenvalue weighted by molar-refractivity contribution is -0.122. The van der Waals surface area contributed by atoms with E-state index in [-0.39, 0.29) is 22.5 Å². The van der Waals surface area contributed by atoms with Gasteiger partial charge in [0, 0.05) is 7.05 Å². The third-order valence-corrected chi connectivity index (χ3v) is 2.00. The lowest BCUT2D eigenvalue weighted by atomic mass is 10.1. The Hall–Kier alpha value is -3.09. The molecule has 1 heterocycles. The second kappa shape index (κ2) is 3.96. The van der Waals surface area contributed by atoms with Gasteiger partial charge in [-0.3, -0.25) is 4.79 Å². The Morgan fingerprint density at radius 2 is 1.94 bits per heavy atom. The topological polar surface area (TPSA) is 96.0 Å². The highest BCUT2D eigenvalue weighted by Gasteiger charge is 2.35. The molecule has 0 aromatic heterocycles. The smallest absolute Gasteiger partial charge is 0.270 e. The maximum Gasteiger partial charge on any atom is 0.270 e. The quantitative estimate of drug-likeness (QED) is 0.427. The average molecular weight is 209 g/mol. The standard InChI is InChI=1S/C10H3N5O/c1-14-8-7(5-13)9(6(3-11)4-12)15(2)10(8)16/h2H3. The Labute approximate surface area is 91.3 Å². The van der Waals surface area contributed by atoms with Crippen molar-refractivity contribution in [3.05, 3.63) is 34.0 Å². The maximum atomic E-state index is 11.5. The van der Waals surface area contributed by atoms with E-state index in [0.717, 1.165) is 4.90 Å². The van der Waals surface area contributed by atoms with Crippen LogP contribution in [0.25, 0.3) is 4.85 Å². The fourth-order valence-corrected chi connectivity index (χ4v) is 1.28. The second-order valence-electron chi connectivity index (χ2n) is 2.76. The van der Waals surface area contributed by atoms with Crippen LogP contribution in [0.5, 0.6) is 0 Å². The summed E-state index contributed by atoms with van der Waals surface area (Å²) in [6.45, 7) is 6.78. The normalized spacial score (nSPS) is 13.9. The summed E-state index contributed by atoms with van der Waals surface area (Å²) in [6.07, 6.45) is 0. The molecule has 0 aromatic rings. The van der Waals surface area contributed by atoms with Crippen LogP contribution in [0.15, 0.2) is 22.5 Å². The van der Waals surface area contributed by atoms with Gasteiger partial charge in [0.1, 0.15) is 12.1 Å². The number of hydrogen-bond acceptors (Lipinski definition) is 4. The van der Waals surface area contributed by atoms with Gasteiger partial charge in [-0.05, 0) is 0 Å². The summed E-state index contributed by atoms with van der Waals surface area (Å²) in [5.74, 6) is -0.676. The molecule has 0 N–H and O–H groups in total. The number of allylic oxidation sites excluding steroid dienone is 2. The van der Waals surface area contributed by atoms with Crippen LogP contribution in [-0.2, 0) is 4.79 Å². The summed E-state index contributed by atoms with van der Waals surface area (Å²) in [5, 5.41) is 26.2. The van der Waals surface area contributed by atoms with Crippen molar-refractivity contribution in [2.45, 2.75) is 0 Å². The zero-order valence-corrected chi connectivity index (χ0v) is 8.14. The van der Waals surface area contributed by atoms with Gasteiger partial charge >= 0.3 is 0 Å². The SMILES string of the molecule is [C-]#[N+]C1=C(C#N)C(=C(C#N)C#N)N(C)C1=O. The molecule has 0 spiro atoms. The zero-order valence-electron chi connectivity index (χ0n) is 8.14. The number of hydrogen-bond donors (Lipinski definition) is 0. The van der Waals surface area contributed by atoms with E-state index in [2.05, 4.69) is 4.85 Å². The third kappa shape index (κ3) is 1.28. The van der Waals surface area contributed by atoms with E-state index in [4.69, 9.17) is 22.4 Å². The molecule has 74 valence electrons. The Balaban J connectivity index is 3.67. The summed E-state index contributed by atoms with van der Waals surface area (Å²) in [6, 6.07) is 4.85. The van der Waals surface area contributed by atoms with Gasteiger partial charge in [0.15, 0.2) is 5.57 Å². The van der Waals surface area contributed by atoms with Crippen LogP contribution in [-0.4, -0.2) is 17.9 Å². The van der Waals surface area contributed by atoms with E-state index in [9.17, 15) is 4.79 Å². The van der Waals surface area contributed by atoms with Crippen molar-refractivity contribution >= 4 is 5.91 Å². The zero-order chi connectivity index (χ0) is 12.3. The predicted molar refractivity (Wildman–Crippen MR) is 50.3 cm³/mol. The summed E-state index contributed by atoms with van der Waals surface area (Å²) in [7, 11) is 1.31. The van der Waals surface area contributed by atoms with E-state index in [1.54, 1.807) is 18.2 Å². The molecule has 0 unspecified atom stereocenters. The van der Waals surface area contributed by atoms with Crippen LogP contribution in [0.2, 0.25) is 0 Å². The van der Waals surface area contributed by atoms with Crippen molar-refractivity contribution in [1.29, 1.82) is 15.8 Å². The summed E-state index contributed by atoms with van der Waals surface area (Å²) in [4.78, 5) is 15.4.